The molecule has 0 aliphatic heterocycles. The maximum absolute atomic E-state index is 13.1. The van der Waals surface area contributed by atoms with Gasteiger partial charge >= 0.3 is 0 Å². The van der Waals surface area contributed by atoms with Gasteiger partial charge in [-0.15, -0.1) is 0 Å². The minimum Gasteiger partial charge on any atom is -0.497 e. The van der Waals surface area contributed by atoms with E-state index in [1.807, 2.05) is 0 Å². The van der Waals surface area contributed by atoms with Crippen molar-refractivity contribution in [2.45, 2.75) is 6.61 Å². The number of amidine groups is 1. The monoisotopic (exact) mass is 274 g/mol. The second kappa shape index (κ2) is 6.06. The summed E-state index contributed by atoms with van der Waals surface area (Å²) in [4.78, 5) is 0. The van der Waals surface area contributed by atoms with Crippen molar-refractivity contribution in [1.82, 2.24) is 0 Å². The number of methoxy groups -OCH3 is 1. The van der Waals surface area contributed by atoms with Crippen molar-refractivity contribution in [3.63, 3.8) is 0 Å². The topological polar surface area (TPSA) is 68.3 Å². The number of nitrogens with two attached hydrogens (primary N) is 1. The molecule has 0 heterocycles. The van der Waals surface area contributed by atoms with Crippen LogP contribution >= 0.6 is 0 Å². The fourth-order valence-electron chi connectivity index (χ4n) is 1.72. The van der Waals surface area contributed by atoms with Crippen molar-refractivity contribution in [3.05, 3.63) is 59.4 Å². The molecular formula is C15H15FN2O2. The summed E-state index contributed by atoms with van der Waals surface area (Å²) < 4.78 is 23.8. The molecule has 0 aliphatic rings. The first-order valence-electron chi connectivity index (χ1n) is 5.99. The van der Waals surface area contributed by atoms with Crippen LogP contribution in [0.1, 0.15) is 11.1 Å². The highest BCUT2D eigenvalue weighted by molar-refractivity contribution is 5.95. The maximum Gasteiger partial charge on any atom is 0.124 e. The summed E-state index contributed by atoms with van der Waals surface area (Å²) >= 11 is 0. The minimum atomic E-state index is -0.304. The van der Waals surface area contributed by atoms with Crippen molar-refractivity contribution < 1.29 is 13.9 Å². The van der Waals surface area contributed by atoms with Crippen LogP contribution < -0.4 is 15.2 Å². The van der Waals surface area contributed by atoms with Crippen LogP contribution in [0.2, 0.25) is 0 Å². The molecule has 0 atom stereocenters. The Labute approximate surface area is 116 Å². The Kier molecular flexibility index (Phi) is 4.20. The van der Waals surface area contributed by atoms with E-state index >= 15 is 0 Å². The van der Waals surface area contributed by atoms with E-state index in [0.29, 0.717) is 17.1 Å². The lowest BCUT2D eigenvalue weighted by Crippen LogP contribution is -2.11. The van der Waals surface area contributed by atoms with Crippen LogP contribution in [0, 0.1) is 11.2 Å². The third kappa shape index (κ3) is 3.47. The van der Waals surface area contributed by atoms with E-state index in [0.717, 1.165) is 5.56 Å². The highest BCUT2D eigenvalue weighted by Crippen LogP contribution is 2.23. The van der Waals surface area contributed by atoms with E-state index in [4.69, 9.17) is 20.6 Å². The number of nitrogens with one attached hydrogen (secondary N) is 1. The second-order valence-electron chi connectivity index (χ2n) is 4.23. The van der Waals surface area contributed by atoms with Gasteiger partial charge in [0, 0.05) is 11.6 Å². The first-order chi connectivity index (χ1) is 9.58. The lowest BCUT2D eigenvalue weighted by molar-refractivity contribution is 0.303. The smallest absolute Gasteiger partial charge is 0.124 e. The number of hydrogen-bond acceptors (Lipinski definition) is 3. The van der Waals surface area contributed by atoms with Gasteiger partial charge in [0.1, 0.15) is 29.8 Å². The van der Waals surface area contributed by atoms with Crippen LogP contribution in [0.15, 0.2) is 42.5 Å². The summed E-state index contributed by atoms with van der Waals surface area (Å²) in [6, 6.07) is 11.2. The van der Waals surface area contributed by atoms with E-state index in [1.165, 1.54) is 19.2 Å². The molecule has 5 heteroatoms. The van der Waals surface area contributed by atoms with Crippen molar-refractivity contribution in [1.29, 1.82) is 5.41 Å². The molecule has 2 aromatic rings. The Morgan fingerprint density at radius 3 is 2.60 bits per heavy atom. The standard InChI is InChI=1S/C15H15FN2O2/c1-19-13-6-11(15(17)18)7-14(8-13)20-9-10-3-2-4-12(16)5-10/h2-8H,9H2,1H3,(H3,17,18). The van der Waals surface area contributed by atoms with Crippen molar-refractivity contribution in [2.24, 2.45) is 5.73 Å². The predicted octanol–water partition coefficient (Wildman–Crippen LogP) is 2.70. The molecule has 2 rings (SSSR count). The number of ether oxygens (including phenoxy) is 2. The summed E-state index contributed by atoms with van der Waals surface area (Å²) in [5, 5.41) is 7.45. The van der Waals surface area contributed by atoms with Crippen LogP contribution in [0.25, 0.3) is 0 Å². The number of rotatable bonds is 5. The molecule has 20 heavy (non-hydrogen) atoms. The van der Waals surface area contributed by atoms with Gasteiger partial charge in [-0.3, -0.25) is 5.41 Å². The summed E-state index contributed by atoms with van der Waals surface area (Å²) in [5.74, 6) is 0.687. The van der Waals surface area contributed by atoms with Gasteiger partial charge < -0.3 is 15.2 Å². The normalized spacial score (nSPS) is 10.1. The minimum absolute atomic E-state index is 0.0699. The van der Waals surface area contributed by atoms with Gasteiger partial charge in [0.2, 0.25) is 0 Å². The number of hydrogen-bond donors (Lipinski definition) is 2. The van der Waals surface area contributed by atoms with Gasteiger partial charge in [-0.25, -0.2) is 4.39 Å². The van der Waals surface area contributed by atoms with Gasteiger partial charge in [0.05, 0.1) is 7.11 Å². The largest absolute Gasteiger partial charge is 0.497 e. The SMILES string of the molecule is COc1cc(OCc2cccc(F)c2)cc(C(=N)N)c1. The van der Waals surface area contributed by atoms with Gasteiger partial charge in [0.25, 0.3) is 0 Å². The van der Waals surface area contributed by atoms with E-state index in [-0.39, 0.29) is 18.3 Å². The molecule has 2 aromatic carbocycles. The van der Waals surface area contributed by atoms with E-state index in [9.17, 15) is 4.39 Å². The molecule has 0 radical (unpaired) electrons. The lowest BCUT2D eigenvalue weighted by Gasteiger charge is -2.10. The second-order valence-corrected chi connectivity index (χ2v) is 4.23. The zero-order valence-electron chi connectivity index (χ0n) is 11.0. The highest BCUT2D eigenvalue weighted by atomic mass is 19.1. The fourth-order valence-corrected chi connectivity index (χ4v) is 1.72. The zero-order chi connectivity index (χ0) is 14.5. The summed E-state index contributed by atoms with van der Waals surface area (Å²) in [6.45, 7) is 0.224. The van der Waals surface area contributed by atoms with Crippen LogP contribution in [-0.2, 0) is 6.61 Å². The van der Waals surface area contributed by atoms with Gasteiger partial charge in [-0.05, 0) is 29.8 Å². The molecule has 0 aromatic heterocycles. The maximum atomic E-state index is 13.1. The van der Waals surface area contributed by atoms with Crippen molar-refractivity contribution >= 4 is 5.84 Å². The number of nitrogen functional groups attached to an aromatic ring is 1. The molecule has 4 nitrogen and oxygen atoms in total. The third-order valence-electron chi connectivity index (χ3n) is 2.72. The summed E-state index contributed by atoms with van der Waals surface area (Å²) in [6.07, 6.45) is 0. The van der Waals surface area contributed by atoms with Crippen molar-refractivity contribution in [3.8, 4) is 11.5 Å². The summed E-state index contributed by atoms with van der Waals surface area (Å²) in [5.41, 5.74) is 6.69. The molecule has 104 valence electrons. The lowest BCUT2D eigenvalue weighted by atomic mass is 10.2. The molecule has 3 N–H and O–H groups in total. The Hall–Kier alpha value is -2.56. The molecule has 0 fully saturated rings. The first kappa shape index (κ1) is 13.9. The summed E-state index contributed by atoms with van der Waals surface area (Å²) in [7, 11) is 1.52. The Balaban J connectivity index is 2.16. The molecular weight excluding hydrogens is 259 g/mol. The van der Waals surface area contributed by atoms with Crippen LogP contribution in [0.5, 0.6) is 11.5 Å². The Morgan fingerprint density at radius 2 is 1.95 bits per heavy atom. The predicted molar refractivity (Wildman–Crippen MR) is 74.7 cm³/mol. The molecule has 0 unspecified atom stereocenters. The van der Waals surface area contributed by atoms with Gasteiger partial charge in [-0.2, -0.15) is 0 Å². The molecule has 0 saturated heterocycles. The molecule has 0 saturated carbocycles. The van der Waals surface area contributed by atoms with Crippen LogP contribution in [0.4, 0.5) is 4.39 Å². The average molecular weight is 274 g/mol. The first-order valence-corrected chi connectivity index (χ1v) is 5.99. The van der Waals surface area contributed by atoms with Crippen molar-refractivity contribution in [2.75, 3.05) is 7.11 Å². The molecule has 0 aliphatic carbocycles. The Morgan fingerprint density at radius 1 is 1.20 bits per heavy atom. The van der Waals surface area contributed by atoms with Crippen LogP contribution in [-0.4, -0.2) is 12.9 Å². The number of benzene rings is 2. The van der Waals surface area contributed by atoms with E-state index in [2.05, 4.69) is 0 Å². The van der Waals surface area contributed by atoms with E-state index < -0.39 is 0 Å². The zero-order valence-corrected chi connectivity index (χ0v) is 11.0. The Bertz CT molecular complexity index is 629. The van der Waals surface area contributed by atoms with Gasteiger partial charge in [-0.1, -0.05) is 12.1 Å². The van der Waals surface area contributed by atoms with Crippen LogP contribution in [0.3, 0.4) is 0 Å². The molecule has 0 bridgehead atoms. The molecule has 0 amide bonds. The quantitative estimate of drug-likeness (QED) is 0.650. The van der Waals surface area contributed by atoms with E-state index in [1.54, 1.807) is 30.3 Å². The molecule has 0 spiro atoms. The number of halogens is 1. The highest BCUT2D eigenvalue weighted by Gasteiger charge is 2.05. The average Bonchev–Trinajstić information content (AvgIpc) is 2.45. The fraction of sp³-hybridized carbons (Fsp3) is 0.133. The van der Waals surface area contributed by atoms with Gasteiger partial charge in [0.15, 0.2) is 0 Å². The third-order valence-corrected chi connectivity index (χ3v) is 2.72.